The number of nitrogens with one attached hydrogen (secondary N) is 1. The maximum absolute atomic E-state index is 12.0. The second kappa shape index (κ2) is 6.52. The van der Waals surface area contributed by atoms with Gasteiger partial charge < -0.3 is 5.32 Å². The summed E-state index contributed by atoms with van der Waals surface area (Å²) in [5.74, 6) is -0.00208. The molecule has 1 amide bonds. The quantitative estimate of drug-likeness (QED) is 0.713. The molecule has 0 aliphatic rings. The van der Waals surface area contributed by atoms with Gasteiger partial charge in [0, 0.05) is 13.7 Å². The van der Waals surface area contributed by atoms with Crippen molar-refractivity contribution in [1.82, 2.24) is 0 Å². The normalized spacial score (nSPS) is 10.3. The Hall–Kier alpha value is -0.880. The Morgan fingerprint density at radius 3 is 2.74 bits per heavy atom. The predicted octanol–water partition coefficient (Wildman–Crippen LogP) is 4.54. The van der Waals surface area contributed by atoms with Crippen LogP contribution >= 0.6 is 38.5 Å². The van der Waals surface area contributed by atoms with Crippen LogP contribution in [0.15, 0.2) is 46.9 Å². The molecule has 19 heavy (non-hydrogen) atoms. The van der Waals surface area contributed by atoms with E-state index in [1.54, 1.807) is 0 Å². The minimum Gasteiger partial charge on any atom is -0.326 e. The molecule has 2 nitrogen and oxygen atoms in total. The van der Waals surface area contributed by atoms with Crippen LogP contribution < -0.4 is 5.32 Å². The second-order valence-electron chi connectivity index (χ2n) is 4.32. The molecule has 0 radical (unpaired) electrons. The maximum atomic E-state index is 12.0. The lowest BCUT2D eigenvalue weighted by atomic mass is 10.1. The Morgan fingerprint density at radius 2 is 2.05 bits per heavy atom. The molecule has 0 spiro atoms. The molecular formula is C15H13BrINO. The molecule has 0 aliphatic carbocycles. The van der Waals surface area contributed by atoms with Gasteiger partial charge in [-0.2, -0.15) is 0 Å². The standard InChI is InChI=1S/C15H13BrINO/c1-10-5-6-13(9-14(10)17)18-15(19)8-11-3-2-4-12(16)7-11/h2-7,9H,8H2,1H3,(H,18,19). The van der Waals surface area contributed by atoms with Gasteiger partial charge in [0.15, 0.2) is 0 Å². The molecule has 2 aromatic carbocycles. The summed E-state index contributed by atoms with van der Waals surface area (Å²) in [6.07, 6.45) is 0.379. The van der Waals surface area contributed by atoms with Crippen LogP contribution in [-0.4, -0.2) is 5.91 Å². The van der Waals surface area contributed by atoms with Crippen LogP contribution in [0.3, 0.4) is 0 Å². The van der Waals surface area contributed by atoms with Gasteiger partial charge in [0.1, 0.15) is 0 Å². The third-order valence-electron chi connectivity index (χ3n) is 2.71. The van der Waals surface area contributed by atoms with Crippen molar-refractivity contribution in [3.63, 3.8) is 0 Å². The number of hydrogen-bond acceptors (Lipinski definition) is 1. The smallest absolute Gasteiger partial charge is 0.228 e. The highest BCUT2D eigenvalue weighted by atomic mass is 127. The lowest BCUT2D eigenvalue weighted by Gasteiger charge is -2.07. The fourth-order valence-electron chi connectivity index (χ4n) is 1.71. The van der Waals surface area contributed by atoms with Crippen molar-refractivity contribution in [2.24, 2.45) is 0 Å². The van der Waals surface area contributed by atoms with Crippen LogP contribution in [0.25, 0.3) is 0 Å². The fraction of sp³-hybridized carbons (Fsp3) is 0.133. The summed E-state index contributed by atoms with van der Waals surface area (Å²) in [4.78, 5) is 12.0. The molecule has 0 atom stereocenters. The highest BCUT2D eigenvalue weighted by Crippen LogP contribution is 2.18. The monoisotopic (exact) mass is 429 g/mol. The van der Waals surface area contributed by atoms with Crippen molar-refractivity contribution >= 4 is 50.1 Å². The van der Waals surface area contributed by atoms with Crippen LogP contribution in [0.1, 0.15) is 11.1 Å². The van der Waals surface area contributed by atoms with Crippen molar-refractivity contribution in [3.8, 4) is 0 Å². The molecule has 0 saturated heterocycles. The van der Waals surface area contributed by atoms with Gasteiger partial charge in [0.05, 0.1) is 6.42 Å². The minimum atomic E-state index is -0.00208. The summed E-state index contributed by atoms with van der Waals surface area (Å²) in [6, 6.07) is 13.7. The lowest BCUT2D eigenvalue weighted by Crippen LogP contribution is -2.14. The summed E-state index contributed by atoms with van der Waals surface area (Å²) in [6.45, 7) is 2.05. The highest BCUT2D eigenvalue weighted by molar-refractivity contribution is 14.1. The number of amides is 1. The van der Waals surface area contributed by atoms with Crippen molar-refractivity contribution in [2.75, 3.05) is 5.32 Å². The van der Waals surface area contributed by atoms with E-state index >= 15 is 0 Å². The predicted molar refractivity (Wildman–Crippen MR) is 90.4 cm³/mol. The Balaban J connectivity index is 2.03. The molecule has 0 saturated carbocycles. The number of benzene rings is 2. The molecule has 0 heterocycles. The topological polar surface area (TPSA) is 29.1 Å². The zero-order chi connectivity index (χ0) is 13.8. The van der Waals surface area contributed by atoms with Crippen LogP contribution in [-0.2, 0) is 11.2 Å². The first-order valence-electron chi connectivity index (χ1n) is 5.85. The molecule has 0 aromatic heterocycles. The molecule has 4 heteroatoms. The van der Waals surface area contributed by atoms with Gasteiger partial charge in [-0.1, -0.05) is 34.1 Å². The lowest BCUT2D eigenvalue weighted by molar-refractivity contribution is -0.115. The number of carbonyl (C=O) groups excluding carboxylic acids is 1. The Kier molecular flexibility index (Phi) is 4.99. The molecule has 0 aliphatic heterocycles. The van der Waals surface area contributed by atoms with Gasteiger partial charge in [-0.25, -0.2) is 0 Å². The minimum absolute atomic E-state index is 0.00208. The van der Waals surface area contributed by atoms with Gasteiger partial charge in [-0.3, -0.25) is 4.79 Å². The van der Waals surface area contributed by atoms with E-state index in [0.717, 1.165) is 19.3 Å². The largest absolute Gasteiger partial charge is 0.326 e. The third kappa shape index (κ3) is 4.31. The van der Waals surface area contributed by atoms with Gasteiger partial charge in [0.2, 0.25) is 5.91 Å². The molecule has 0 fully saturated rings. The van der Waals surface area contributed by atoms with E-state index in [9.17, 15) is 4.79 Å². The van der Waals surface area contributed by atoms with Crippen LogP contribution in [0.2, 0.25) is 0 Å². The SMILES string of the molecule is Cc1ccc(NC(=O)Cc2cccc(Br)c2)cc1I. The molecule has 1 N–H and O–H groups in total. The average molecular weight is 430 g/mol. The number of anilines is 1. The van der Waals surface area contributed by atoms with Crippen LogP contribution in [0, 0.1) is 10.5 Å². The molecule has 2 aromatic rings. The fourth-order valence-corrected chi connectivity index (χ4v) is 2.67. The molecule has 0 bridgehead atoms. The van der Waals surface area contributed by atoms with Gasteiger partial charge in [-0.15, -0.1) is 0 Å². The summed E-state index contributed by atoms with van der Waals surface area (Å²) in [7, 11) is 0. The first-order valence-corrected chi connectivity index (χ1v) is 7.72. The summed E-state index contributed by atoms with van der Waals surface area (Å²) in [5.41, 5.74) is 3.05. The van der Waals surface area contributed by atoms with Gasteiger partial charge in [0.25, 0.3) is 0 Å². The van der Waals surface area contributed by atoms with E-state index in [2.05, 4.69) is 50.8 Å². The zero-order valence-electron chi connectivity index (χ0n) is 10.4. The average Bonchev–Trinajstić information content (AvgIpc) is 2.34. The van der Waals surface area contributed by atoms with E-state index < -0.39 is 0 Å². The number of carbonyl (C=O) groups is 1. The highest BCUT2D eigenvalue weighted by Gasteiger charge is 2.05. The number of rotatable bonds is 3. The van der Waals surface area contributed by atoms with Crippen molar-refractivity contribution in [3.05, 3.63) is 61.6 Å². The third-order valence-corrected chi connectivity index (χ3v) is 4.36. The molecule has 2 rings (SSSR count). The summed E-state index contributed by atoms with van der Waals surface area (Å²) in [5, 5.41) is 2.92. The van der Waals surface area contributed by atoms with Crippen LogP contribution in [0.4, 0.5) is 5.69 Å². The Bertz CT molecular complexity index is 613. The summed E-state index contributed by atoms with van der Waals surface area (Å²) >= 11 is 5.67. The molecular weight excluding hydrogens is 417 g/mol. The zero-order valence-corrected chi connectivity index (χ0v) is 14.2. The van der Waals surface area contributed by atoms with Crippen LogP contribution in [0.5, 0.6) is 0 Å². The summed E-state index contributed by atoms with van der Waals surface area (Å²) < 4.78 is 2.14. The number of halogens is 2. The van der Waals surface area contributed by atoms with E-state index in [4.69, 9.17) is 0 Å². The number of aryl methyl sites for hydroxylation is 1. The number of hydrogen-bond donors (Lipinski definition) is 1. The van der Waals surface area contributed by atoms with E-state index in [1.165, 1.54) is 5.56 Å². The van der Waals surface area contributed by atoms with E-state index in [1.807, 2.05) is 42.5 Å². The van der Waals surface area contributed by atoms with Gasteiger partial charge >= 0.3 is 0 Å². The van der Waals surface area contributed by atoms with E-state index in [0.29, 0.717) is 6.42 Å². The van der Waals surface area contributed by atoms with Gasteiger partial charge in [-0.05, 0) is 64.9 Å². The Labute approximate surface area is 134 Å². The first kappa shape index (κ1) is 14.5. The van der Waals surface area contributed by atoms with E-state index in [-0.39, 0.29) is 5.91 Å². The van der Waals surface area contributed by atoms with Crippen molar-refractivity contribution in [1.29, 1.82) is 0 Å². The molecule has 98 valence electrons. The maximum Gasteiger partial charge on any atom is 0.228 e. The van der Waals surface area contributed by atoms with Crippen molar-refractivity contribution < 1.29 is 4.79 Å². The van der Waals surface area contributed by atoms with Crippen molar-refractivity contribution in [2.45, 2.75) is 13.3 Å². The Morgan fingerprint density at radius 1 is 1.26 bits per heavy atom. The molecule has 0 unspecified atom stereocenters. The second-order valence-corrected chi connectivity index (χ2v) is 6.40. The first-order chi connectivity index (χ1) is 9.04.